The predicted molar refractivity (Wildman–Crippen MR) is 103 cm³/mol. The Hall–Kier alpha value is -3.94. The van der Waals surface area contributed by atoms with Crippen molar-refractivity contribution in [3.05, 3.63) is 93.9 Å². The second-order valence-corrected chi connectivity index (χ2v) is 6.20. The van der Waals surface area contributed by atoms with Gasteiger partial charge < -0.3 is 14.1 Å². The fourth-order valence-corrected chi connectivity index (χ4v) is 2.73. The van der Waals surface area contributed by atoms with Crippen LogP contribution in [0.2, 0.25) is 0 Å². The van der Waals surface area contributed by atoms with Crippen LogP contribution in [-0.2, 0) is 17.9 Å². The second-order valence-electron chi connectivity index (χ2n) is 6.20. The van der Waals surface area contributed by atoms with E-state index in [1.165, 1.54) is 18.4 Å². The molecule has 29 heavy (non-hydrogen) atoms. The summed E-state index contributed by atoms with van der Waals surface area (Å²) < 4.78 is 10.8. The first kappa shape index (κ1) is 19.8. The number of hydrogen-bond donors (Lipinski definition) is 0. The molecule has 1 aromatic heterocycles. The van der Waals surface area contributed by atoms with E-state index in [9.17, 15) is 19.7 Å². The Balaban J connectivity index is 1.72. The number of hydrogen-bond acceptors (Lipinski definition) is 6. The van der Waals surface area contributed by atoms with E-state index in [4.69, 9.17) is 9.15 Å². The van der Waals surface area contributed by atoms with Gasteiger partial charge in [-0.2, -0.15) is 0 Å². The van der Waals surface area contributed by atoms with Crippen LogP contribution in [0.3, 0.4) is 0 Å². The van der Waals surface area contributed by atoms with E-state index >= 15 is 0 Å². The summed E-state index contributed by atoms with van der Waals surface area (Å²) in [4.78, 5) is 35.8. The smallest absolute Gasteiger partial charge is 0.270 e. The summed E-state index contributed by atoms with van der Waals surface area (Å²) >= 11 is 0. The van der Waals surface area contributed by atoms with Gasteiger partial charge in [0.15, 0.2) is 12.9 Å². The number of non-ortho nitro benzene ring substituents is 1. The first-order chi connectivity index (χ1) is 14.1. The number of carbonyl (C=O) groups is 2. The molecule has 0 saturated heterocycles. The number of carbonyl (C=O) groups excluding carboxylic acids is 2. The summed E-state index contributed by atoms with van der Waals surface area (Å²) in [6.45, 7) is 0.279. The molecule has 0 N–H and O–H groups in total. The van der Waals surface area contributed by atoms with Crippen molar-refractivity contribution >= 4 is 17.9 Å². The summed E-state index contributed by atoms with van der Waals surface area (Å²) in [5.41, 5.74) is 0.721. The highest BCUT2D eigenvalue weighted by Crippen LogP contribution is 2.23. The first-order valence-electron chi connectivity index (χ1n) is 8.77. The molecule has 8 heteroatoms. The maximum absolute atomic E-state index is 12.8. The Morgan fingerprint density at radius 1 is 1.10 bits per heavy atom. The molecule has 0 unspecified atom stereocenters. The van der Waals surface area contributed by atoms with Crippen LogP contribution in [-0.4, -0.2) is 28.6 Å². The number of amides is 1. The van der Waals surface area contributed by atoms with Crippen molar-refractivity contribution in [2.45, 2.75) is 13.1 Å². The summed E-state index contributed by atoms with van der Waals surface area (Å²) in [5, 5.41) is 10.8. The molecule has 3 rings (SSSR count). The Kier molecular flexibility index (Phi) is 6.36. The van der Waals surface area contributed by atoms with Gasteiger partial charge in [0.2, 0.25) is 0 Å². The summed E-state index contributed by atoms with van der Waals surface area (Å²) in [6.07, 6.45) is 1.99. The second kappa shape index (κ2) is 9.32. The third-order valence-electron chi connectivity index (χ3n) is 4.18. The lowest BCUT2D eigenvalue weighted by molar-refractivity contribution is -0.384. The third-order valence-corrected chi connectivity index (χ3v) is 4.18. The van der Waals surface area contributed by atoms with Crippen LogP contribution in [0, 0.1) is 10.1 Å². The lowest BCUT2D eigenvalue weighted by Gasteiger charge is -2.22. The highest BCUT2D eigenvalue weighted by Gasteiger charge is 2.18. The molecule has 0 atom stereocenters. The molecule has 8 nitrogen and oxygen atoms in total. The molecule has 0 saturated carbocycles. The van der Waals surface area contributed by atoms with E-state index in [-0.39, 0.29) is 36.1 Å². The van der Waals surface area contributed by atoms with Crippen molar-refractivity contribution in [2.24, 2.45) is 0 Å². The van der Waals surface area contributed by atoms with Crippen molar-refractivity contribution in [2.75, 3.05) is 6.61 Å². The van der Waals surface area contributed by atoms with E-state index in [1.54, 1.807) is 17.0 Å². The number of nitro groups is 1. The van der Waals surface area contributed by atoms with E-state index in [1.807, 2.05) is 30.3 Å². The molecule has 0 spiro atoms. The largest absolute Gasteiger partial charge is 0.483 e. The van der Waals surface area contributed by atoms with Crippen LogP contribution >= 0.6 is 0 Å². The highest BCUT2D eigenvalue weighted by molar-refractivity contribution is 5.82. The van der Waals surface area contributed by atoms with Crippen LogP contribution in [0.25, 0.3) is 0 Å². The Labute approximate surface area is 166 Å². The minimum absolute atomic E-state index is 0.00708. The number of rotatable bonds is 9. The molecule has 0 radical (unpaired) electrons. The van der Waals surface area contributed by atoms with E-state index < -0.39 is 4.92 Å². The summed E-state index contributed by atoms with van der Waals surface area (Å²) in [6, 6.07) is 16.6. The molecule has 148 valence electrons. The van der Waals surface area contributed by atoms with Gasteiger partial charge in [0.05, 0.1) is 23.3 Å². The standard InChI is InChI=1S/C21H18N2O6/c24-14-17-11-18(23(26)27)8-9-20(17)29-15-21(25)22(13-19-7-4-10-28-19)12-16-5-2-1-3-6-16/h1-11,14H,12-13,15H2. The average molecular weight is 394 g/mol. The molecule has 0 aliphatic carbocycles. The SMILES string of the molecule is O=Cc1cc([N+](=O)[O-])ccc1OCC(=O)N(Cc1ccccc1)Cc1ccco1. The van der Waals surface area contributed by atoms with Gasteiger partial charge in [-0.1, -0.05) is 30.3 Å². The van der Waals surface area contributed by atoms with Crippen LogP contribution in [0.1, 0.15) is 21.7 Å². The van der Waals surface area contributed by atoms with Crippen molar-refractivity contribution in [1.29, 1.82) is 0 Å². The zero-order valence-electron chi connectivity index (χ0n) is 15.4. The van der Waals surface area contributed by atoms with Crippen molar-refractivity contribution in [3.8, 4) is 5.75 Å². The number of ether oxygens (including phenoxy) is 1. The quantitative estimate of drug-likeness (QED) is 0.312. The minimum Gasteiger partial charge on any atom is -0.483 e. The van der Waals surface area contributed by atoms with Gasteiger partial charge in [-0.25, -0.2) is 0 Å². The fraction of sp³-hybridized carbons (Fsp3) is 0.143. The van der Waals surface area contributed by atoms with Crippen LogP contribution in [0.4, 0.5) is 5.69 Å². The average Bonchev–Trinajstić information content (AvgIpc) is 3.25. The minimum atomic E-state index is -0.604. The molecule has 0 aliphatic rings. The first-order valence-corrected chi connectivity index (χ1v) is 8.77. The van der Waals surface area contributed by atoms with E-state index in [2.05, 4.69) is 0 Å². The van der Waals surface area contributed by atoms with Crippen molar-refractivity contribution in [3.63, 3.8) is 0 Å². The monoisotopic (exact) mass is 394 g/mol. The zero-order valence-corrected chi connectivity index (χ0v) is 15.4. The molecule has 1 amide bonds. The third kappa shape index (κ3) is 5.29. The Morgan fingerprint density at radius 3 is 2.55 bits per heavy atom. The maximum atomic E-state index is 12.8. The highest BCUT2D eigenvalue weighted by atomic mass is 16.6. The zero-order chi connectivity index (χ0) is 20.6. The van der Waals surface area contributed by atoms with Gasteiger partial charge in [0.25, 0.3) is 11.6 Å². The lowest BCUT2D eigenvalue weighted by Crippen LogP contribution is -2.34. The Bertz CT molecular complexity index is 986. The molecule has 3 aromatic rings. The van der Waals surface area contributed by atoms with E-state index in [0.29, 0.717) is 18.6 Å². The Morgan fingerprint density at radius 2 is 1.90 bits per heavy atom. The van der Waals surface area contributed by atoms with Gasteiger partial charge in [-0.3, -0.25) is 19.7 Å². The fourth-order valence-electron chi connectivity index (χ4n) is 2.73. The van der Waals surface area contributed by atoms with Gasteiger partial charge in [0, 0.05) is 18.7 Å². The number of benzene rings is 2. The van der Waals surface area contributed by atoms with Crippen molar-refractivity contribution < 1.29 is 23.7 Å². The molecule has 0 bridgehead atoms. The molecular weight excluding hydrogens is 376 g/mol. The van der Waals surface area contributed by atoms with E-state index in [0.717, 1.165) is 11.6 Å². The molecule has 0 fully saturated rings. The normalized spacial score (nSPS) is 10.3. The molecule has 1 heterocycles. The maximum Gasteiger partial charge on any atom is 0.270 e. The number of furan rings is 1. The van der Waals surface area contributed by atoms with Crippen LogP contribution in [0.15, 0.2) is 71.3 Å². The number of aldehydes is 1. The predicted octanol–water partition coefficient (Wildman–Crippen LogP) is 3.61. The topological polar surface area (TPSA) is 103 Å². The van der Waals surface area contributed by atoms with Gasteiger partial charge in [-0.05, 0) is 23.8 Å². The summed E-state index contributed by atoms with van der Waals surface area (Å²) in [5.74, 6) is 0.412. The molecule has 2 aromatic carbocycles. The van der Waals surface area contributed by atoms with Gasteiger partial charge >= 0.3 is 0 Å². The molecule has 0 aliphatic heterocycles. The summed E-state index contributed by atoms with van der Waals surface area (Å²) in [7, 11) is 0. The van der Waals surface area contributed by atoms with Crippen molar-refractivity contribution in [1.82, 2.24) is 4.90 Å². The number of nitro benzene ring substituents is 1. The van der Waals surface area contributed by atoms with Crippen LogP contribution < -0.4 is 4.74 Å². The number of nitrogens with zero attached hydrogens (tertiary/aromatic N) is 2. The lowest BCUT2D eigenvalue weighted by atomic mass is 10.2. The van der Waals surface area contributed by atoms with Crippen LogP contribution in [0.5, 0.6) is 5.75 Å². The molecular formula is C21H18N2O6. The van der Waals surface area contributed by atoms with Gasteiger partial charge in [-0.15, -0.1) is 0 Å². The van der Waals surface area contributed by atoms with Gasteiger partial charge in [0.1, 0.15) is 11.5 Å².